The highest BCUT2D eigenvalue weighted by molar-refractivity contribution is 7.09. The molecule has 0 bridgehead atoms. The molecule has 5 nitrogen and oxygen atoms in total. The van der Waals surface area contributed by atoms with Crippen LogP contribution in [0.2, 0.25) is 0 Å². The summed E-state index contributed by atoms with van der Waals surface area (Å²) in [5.41, 5.74) is 1.09. The summed E-state index contributed by atoms with van der Waals surface area (Å²) in [5, 5.41) is 2.03. The zero-order valence-corrected chi connectivity index (χ0v) is 21.3. The van der Waals surface area contributed by atoms with Crippen LogP contribution in [0.1, 0.15) is 63.3 Å². The van der Waals surface area contributed by atoms with E-state index in [0.717, 1.165) is 42.5 Å². The smallest absolute Gasteiger partial charge is 0.242 e. The molecular formula is C27H40N2O3S. The first-order valence-corrected chi connectivity index (χ1v) is 13.2. The Hall–Kier alpha value is -2.18. The second-order valence-electron chi connectivity index (χ2n) is 8.37. The largest absolute Gasteiger partial charge is 0.382 e. The summed E-state index contributed by atoms with van der Waals surface area (Å²) in [5.74, 6) is 0.0682. The van der Waals surface area contributed by atoms with Gasteiger partial charge in [-0.15, -0.1) is 11.3 Å². The number of rotatable bonds is 16. The zero-order valence-electron chi connectivity index (χ0n) is 20.5. The Morgan fingerprint density at radius 2 is 1.76 bits per heavy atom. The van der Waals surface area contributed by atoms with Crippen molar-refractivity contribution in [2.75, 3.05) is 26.3 Å². The van der Waals surface area contributed by atoms with Gasteiger partial charge in [-0.3, -0.25) is 9.59 Å². The molecule has 0 fully saturated rings. The average molecular weight is 473 g/mol. The lowest BCUT2D eigenvalue weighted by molar-refractivity contribution is -0.144. The highest BCUT2D eigenvalue weighted by Crippen LogP contribution is 2.18. The van der Waals surface area contributed by atoms with Gasteiger partial charge in [0.1, 0.15) is 0 Å². The van der Waals surface area contributed by atoms with Gasteiger partial charge in [0, 0.05) is 37.1 Å². The molecular weight excluding hydrogens is 432 g/mol. The summed E-state index contributed by atoms with van der Waals surface area (Å²) in [4.78, 5) is 31.7. The lowest BCUT2D eigenvalue weighted by Gasteiger charge is -2.30. The van der Waals surface area contributed by atoms with Crippen molar-refractivity contribution in [1.29, 1.82) is 0 Å². The number of ether oxygens (including phenoxy) is 1. The van der Waals surface area contributed by atoms with Gasteiger partial charge in [-0.2, -0.15) is 0 Å². The molecule has 1 aromatic carbocycles. The number of hydrogen-bond donors (Lipinski definition) is 0. The maximum atomic E-state index is 13.5. The molecule has 1 atom stereocenters. The molecule has 6 heteroatoms. The van der Waals surface area contributed by atoms with Crippen molar-refractivity contribution in [3.63, 3.8) is 0 Å². The van der Waals surface area contributed by atoms with Crippen molar-refractivity contribution in [3.8, 4) is 0 Å². The Bertz CT molecular complexity index is 795. The molecule has 0 N–H and O–H groups in total. The molecule has 2 rings (SSSR count). The number of amides is 2. The number of hydrogen-bond acceptors (Lipinski definition) is 4. The fourth-order valence-corrected chi connectivity index (χ4v) is 4.59. The van der Waals surface area contributed by atoms with Gasteiger partial charge in [-0.1, -0.05) is 63.1 Å². The third-order valence-electron chi connectivity index (χ3n) is 5.80. The average Bonchev–Trinajstić information content (AvgIpc) is 3.34. The lowest BCUT2D eigenvalue weighted by Crippen LogP contribution is -2.45. The van der Waals surface area contributed by atoms with Crippen molar-refractivity contribution < 1.29 is 14.3 Å². The van der Waals surface area contributed by atoms with E-state index in [4.69, 9.17) is 4.74 Å². The minimum absolute atomic E-state index is 0.0117. The molecule has 0 saturated heterocycles. The molecule has 0 radical (unpaired) electrons. The van der Waals surface area contributed by atoms with E-state index < -0.39 is 0 Å². The monoisotopic (exact) mass is 472 g/mol. The maximum absolute atomic E-state index is 13.5. The molecule has 2 aromatic rings. The fraction of sp³-hybridized carbons (Fsp3) is 0.556. The number of carbonyl (C=O) groups is 2. The molecule has 2 amide bonds. The van der Waals surface area contributed by atoms with E-state index in [-0.39, 0.29) is 24.3 Å². The summed E-state index contributed by atoms with van der Waals surface area (Å²) >= 11 is 1.65. The Kier molecular flexibility index (Phi) is 12.8. The van der Waals surface area contributed by atoms with Crippen molar-refractivity contribution in [3.05, 3.63) is 58.3 Å². The van der Waals surface area contributed by atoms with E-state index in [1.165, 1.54) is 0 Å². The molecule has 1 aromatic heterocycles. The van der Waals surface area contributed by atoms with E-state index in [2.05, 4.69) is 19.9 Å². The highest BCUT2D eigenvalue weighted by atomic mass is 32.1. The van der Waals surface area contributed by atoms with E-state index in [9.17, 15) is 9.59 Å². The van der Waals surface area contributed by atoms with Gasteiger partial charge >= 0.3 is 0 Å². The van der Waals surface area contributed by atoms with E-state index >= 15 is 0 Å². The molecule has 0 spiro atoms. The third-order valence-corrected chi connectivity index (χ3v) is 6.66. The quantitative estimate of drug-likeness (QED) is 0.292. The van der Waals surface area contributed by atoms with Crippen LogP contribution in [-0.4, -0.2) is 47.9 Å². The van der Waals surface area contributed by atoms with Crippen LogP contribution in [0.15, 0.2) is 47.8 Å². The Morgan fingerprint density at radius 3 is 2.39 bits per heavy atom. The number of nitrogens with zero attached hydrogens (tertiary/aromatic N) is 2. The van der Waals surface area contributed by atoms with Crippen LogP contribution in [0.5, 0.6) is 0 Å². The van der Waals surface area contributed by atoms with Crippen LogP contribution in [-0.2, 0) is 27.4 Å². The minimum Gasteiger partial charge on any atom is -0.382 e. The Labute approximate surface area is 203 Å². The third kappa shape index (κ3) is 9.68. The first kappa shape index (κ1) is 27.1. The van der Waals surface area contributed by atoms with E-state index in [1.54, 1.807) is 16.2 Å². The Morgan fingerprint density at radius 1 is 0.970 bits per heavy atom. The van der Waals surface area contributed by atoms with Crippen molar-refractivity contribution in [2.45, 2.75) is 66.0 Å². The van der Waals surface area contributed by atoms with E-state index in [1.807, 2.05) is 53.6 Å². The SMILES string of the molecule is CCCCC(CC)C(=O)N(CCCOCC)CC(=O)N(Cc1ccccc1)Cc1cccs1. The van der Waals surface area contributed by atoms with Crippen molar-refractivity contribution in [2.24, 2.45) is 5.92 Å². The number of benzene rings is 1. The summed E-state index contributed by atoms with van der Waals surface area (Å²) in [6.07, 6.45) is 4.52. The summed E-state index contributed by atoms with van der Waals surface area (Å²) in [7, 11) is 0. The summed E-state index contributed by atoms with van der Waals surface area (Å²) in [6.45, 7) is 9.19. The van der Waals surface area contributed by atoms with Crippen LogP contribution < -0.4 is 0 Å². The number of thiophene rings is 1. The van der Waals surface area contributed by atoms with Crippen LogP contribution in [0.4, 0.5) is 0 Å². The zero-order chi connectivity index (χ0) is 23.9. The summed E-state index contributed by atoms with van der Waals surface area (Å²) < 4.78 is 5.48. The Balaban J connectivity index is 2.15. The van der Waals surface area contributed by atoms with Crippen LogP contribution in [0.3, 0.4) is 0 Å². The number of unbranched alkanes of at least 4 members (excludes halogenated alkanes) is 1. The van der Waals surface area contributed by atoms with Gasteiger partial charge in [0.2, 0.25) is 11.8 Å². The molecule has 0 aliphatic carbocycles. The first-order valence-electron chi connectivity index (χ1n) is 12.3. The van der Waals surface area contributed by atoms with Crippen LogP contribution in [0, 0.1) is 5.92 Å². The van der Waals surface area contributed by atoms with Gasteiger partial charge in [0.05, 0.1) is 13.1 Å². The van der Waals surface area contributed by atoms with Gasteiger partial charge < -0.3 is 14.5 Å². The van der Waals surface area contributed by atoms with Gasteiger partial charge in [0.15, 0.2) is 0 Å². The molecule has 0 aliphatic rings. The van der Waals surface area contributed by atoms with E-state index in [0.29, 0.717) is 32.8 Å². The van der Waals surface area contributed by atoms with Crippen LogP contribution >= 0.6 is 11.3 Å². The van der Waals surface area contributed by atoms with Crippen LogP contribution in [0.25, 0.3) is 0 Å². The minimum atomic E-state index is -0.0234. The van der Waals surface area contributed by atoms with Crippen molar-refractivity contribution in [1.82, 2.24) is 9.80 Å². The molecule has 182 valence electrons. The molecule has 33 heavy (non-hydrogen) atoms. The highest BCUT2D eigenvalue weighted by Gasteiger charge is 2.26. The predicted molar refractivity (Wildman–Crippen MR) is 136 cm³/mol. The summed E-state index contributed by atoms with van der Waals surface area (Å²) in [6, 6.07) is 14.1. The topological polar surface area (TPSA) is 49.9 Å². The fourth-order valence-electron chi connectivity index (χ4n) is 3.87. The second-order valence-corrected chi connectivity index (χ2v) is 9.40. The van der Waals surface area contributed by atoms with Gasteiger partial charge in [0.25, 0.3) is 0 Å². The lowest BCUT2D eigenvalue weighted by atomic mass is 9.97. The predicted octanol–water partition coefficient (Wildman–Crippen LogP) is 5.75. The normalized spacial score (nSPS) is 11.8. The van der Waals surface area contributed by atoms with Gasteiger partial charge in [-0.25, -0.2) is 0 Å². The van der Waals surface area contributed by atoms with Crippen molar-refractivity contribution >= 4 is 23.2 Å². The molecule has 0 aliphatic heterocycles. The van der Waals surface area contributed by atoms with Gasteiger partial charge in [-0.05, 0) is 43.2 Å². The maximum Gasteiger partial charge on any atom is 0.242 e. The first-order chi connectivity index (χ1) is 16.1. The number of carbonyl (C=O) groups excluding carboxylic acids is 2. The molecule has 0 saturated carbocycles. The standard InChI is InChI=1S/C27H40N2O3S/c1-4-7-15-24(5-2)27(31)28(17-12-18-32-6-3)22-26(30)29(21-25-16-11-19-33-25)20-23-13-9-8-10-14-23/h8-11,13-14,16,19,24H,4-7,12,15,17-18,20-22H2,1-3H3. The second kappa shape index (κ2) is 15.6. The molecule has 1 unspecified atom stereocenters. The molecule has 1 heterocycles.